The third-order valence-corrected chi connectivity index (χ3v) is 2.74. The van der Waals surface area contributed by atoms with Gasteiger partial charge in [0.2, 0.25) is 0 Å². The first-order valence-electron chi connectivity index (χ1n) is 5.19. The molecule has 0 radical (unpaired) electrons. The van der Waals surface area contributed by atoms with Crippen LogP contribution < -0.4 is 11.4 Å². The van der Waals surface area contributed by atoms with Crippen LogP contribution in [0.1, 0.15) is 37.5 Å². The predicted molar refractivity (Wildman–Crippen MR) is 53.1 cm³/mol. The van der Waals surface area contributed by atoms with Gasteiger partial charge in [0, 0.05) is 6.42 Å². The average Bonchev–Trinajstić information content (AvgIpc) is 2.74. The van der Waals surface area contributed by atoms with E-state index in [1.165, 1.54) is 12.8 Å². The van der Waals surface area contributed by atoms with Crippen LogP contribution in [0.25, 0.3) is 0 Å². The van der Waals surface area contributed by atoms with Crippen molar-refractivity contribution in [3.8, 4) is 0 Å². The van der Waals surface area contributed by atoms with Gasteiger partial charge in [-0.15, -0.1) is 0 Å². The number of hydrogen-bond acceptors (Lipinski definition) is 3. The Morgan fingerprint density at radius 1 is 1.50 bits per heavy atom. The van der Waals surface area contributed by atoms with Crippen molar-refractivity contribution in [1.82, 2.24) is 14.8 Å². The van der Waals surface area contributed by atoms with E-state index in [1.54, 1.807) is 4.68 Å². The van der Waals surface area contributed by atoms with Crippen LogP contribution >= 0.6 is 0 Å². The maximum atomic E-state index is 11.5. The maximum absolute atomic E-state index is 11.5. The third-order valence-electron chi connectivity index (χ3n) is 2.74. The second-order valence-corrected chi connectivity index (χ2v) is 3.80. The molecule has 0 saturated heterocycles. The lowest BCUT2D eigenvalue weighted by Crippen LogP contribution is -2.21. The molecule has 1 saturated carbocycles. The van der Waals surface area contributed by atoms with E-state index in [1.807, 2.05) is 0 Å². The Kier molecular flexibility index (Phi) is 2.67. The Hall–Kier alpha value is -1.10. The number of rotatable bonds is 3. The molecule has 0 aromatic carbocycles. The Balaban J connectivity index is 2.20. The highest BCUT2D eigenvalue weighted by Crippen LogP contribution is 2.27. The number of nitrogens with zero attached hydrogens (tertiary/aromatic N) is 2. The molecule has 0 spiro atoms. The molecule has 1 aromatic heterocycles. The minimum atomic E-state index is -0.0830. The molecule has 5 heteroatoms. The average molecular weight is 196 g/mol. The van der Waals surface area contributed by atoms with Crippen LogP contribution in [-0.4, -0.2) is 21.3 Å². The van der Waals surface area contributed by atoms with Crippen LogP contribution in [0.3, 0.4) is 0 Å². The lowest BCUT2D eigenvalue weighted by molar-refractivity contribution is 0.449. The Labute approximate surface area is 82.3 Å². The van der Waals surface area contributed by atoms with Gasteiger partial charge in [0.05, 0.1) is 6.04 Å². The minimum absolute atomic E-state index is 0.0830. The van der Waals surface area contributed by atoms with Crippen LogP contribution in [0.2, 0.25) is 0 Å². The highest BCUT2D eigenvalue weighted by Gasteiger charge is 2.20. The second-order valence-electron chi connectivity index (χ2n) is 3.80. The fourth-order valence-electron chi connectivity index (χ4n) is 2.03. The van der Waals surface area contributed by atoms with E-state index in [4.69, 9.17) is 5.73 Å². The molecule has 1 aliphatic carbocycles. The topological polar surface area (TPSA) is 76.7 Å². The standard InChI is InChI=1S/C9H16N4O/c10-6-5-8-11-9(14)13(12-8)7-3-1-2-4-7/h7H,1-6,10H2,(H,11,12,14). The molecule has 1 heterocycles. The fourth-order valence-corrected chi connectivity index (χ4v) is 2.03. The molecule has 0 amide bonds. The maximum Gasteiger partial charge on any atom is 0.343 e. The molecule has 0 aliphatic heterocycles. The van der Waals surface area contributed by atoms with E-state index >= 15 is 0 Å². The van der Waals surface area contributed by atoms with Gasteiger partial charge in [0.25, 0.3) is 0 Å². The molecule has 0 unspecified atom stereocenters. The van der Waals surface area contributed by atoms with Crippen molar-refractivity contribution < 1.29 is 0 Å². The molecule has 3 N–H and O–H groups in total. The lowest BCUT2D eigenvalue weighted by Gasteiger charge is -2.06. The minimum Gasteiger partial charge on any atom is -0.330 e. The summed E-state index contributed by atoms with van der Waals surface area (Å²) in [4.78, 5) is 14.2. The van der Waals surface area contributed by atoms with Gasteiger partial charge in [-0.1, -0.05) is 12.8 Å². The van der Waals surface area contributed by atoms with E-state index in [0.717, 1.165) is 12.8 Å². The molecule has 0 bridgehead atoms. The van der Waals surface area contributed by atoms with Crippen molar-refractivity contribution in [2.45, 2.75) is 38.1 Å². The van der Waals surface area contributed by atoms with Crippen molar-refractivity contribution >= 4 is 0 Å². The molecular formula is C9H16N4O. The summed E-state index contributed by atoms with van der Waals surface area (Å²) < 4.78 is 1.60. The van der Waals surface area contributed by atoms with Gasteiger partial charge in [0.1, 0.15) is 5.82 Å². The zero-order valence-corrected chi connectivity index (χ0v) is 8.20. The van der Waals surface area contributed by atoms with Crippen molar-refractivity contribution in [3.63, 3.8) is 0 Å². The Bertz CT molecular complexity index is 348. The summed E-state index contributed by atoms with van der Waals surface area (Å²) in [5.41, 5.74) is 5.32. The molecule has 1 aromatic rings. The third kappa shape index (κ3) is 1.72. The molecule has 78 valence electrons. The van der Waals surface area contributed by atoms with Crippen LogP contribution in [-0.2, 0) is 6.42 Å². The summed E-state index contributed by atoms with van der Waals surface area (Å²) in [7, 11) is 0. The van der Waals surface area contributed by atoms with E-state index in [-0.39, 0.29) is 5.69 Å². The molecule has 2 rings (SSSR count). The van der Waals surface area contributed by atoms with Crippen molar-refractivity contribution in [2.75, 3.05) is 6.54 Å². The van der Waals surface area contributed by atoms with Crippen molar-refractivity contribution in [3.05, 3.63) is 16.3 Å². The number of nitrogens with one attached hydrogen (secondary N) is 1. The van der Waals surface area contributed by atoms with Gasteiger partial charge in [0.15, 0.2) is 0 Å². The number of aromatic nitrogens is 3. The molecule has 1 aliphatic rings. The summed E-state index contributed by atoms with van der Waals surface area (Å²) in [6.45, 7) is 0.525. The van der Waals surface area contributed by atoms with E-state index < -0.39 is 0 Å². The first-order chi connectivity index (χ1) is 6.81. The number of hydrogen-bond donors (Lipinski definition) is 2. The SMILES string of the molecule is NCCc1nn(C2CCCC2)c(=O)[nH]1. The van der Waals surface area contributed by atoms with Crippen LogP contribution in [0.4, 0.5) is 0 Å². The Morgan fingerprint density at radius 2 is 2.21 bits per heavy atom. The first-order valence-corrected chi connectivity index (χ1v) is 5.19. The molecule has 0 atom stereocenters. The molecule has 5 nitrogen and oxygen atoms in total. The first kappa shape index (κ1) is 9.45. The highest BCUT2D eigenvalue weighted by atomic mass is 16.2. The van der Waals surface area contributed by atoms with Gasteiger partial charge in [-0.3, -0.25) is 4.98 Å². The van der Waals surface area contributed by atoms with E-state index in [0.29, 0.717) is 24.8 Å². The quantitative estimate of drug-likeness (QED) is 0.724. The predicted octanol–water partition coefficient (Wildman–Crippen LogP) is 0.188. The summed E-state index contributed by atoms with van der Waals surface area (Å²) >= 11 is 0. The van der Waals surface area contributed by atoms with Crippen LogP contribution in [0.15, 0.2) is 4.79 Å². The lowest BCUT2D eigenvalue weighted by atomic mass is 10.3. The van der Waals surface area contributed by atoms with Gasteiger partial charge in [-0.05, 0) is 19.4 Å². The Morgan fingerprint density at radius 3 is 2.86 bits per heavy atom. The van der Waals surface area contributed by atoms with Gasteiger partial charge < -0.3 is 5.73 Å². The molecule has 1 fully saturated rings. The van der Waals surface area contributed by atoms with Crippen LogP contribution in [0, 0.1) is 0 Å². The van der Waals surface area contributed by atoms with Crippen molar-refractivity contribution in [2.24, 2.45) is 5.73 Å². The zero-order valence-electron chi connectivity index (χ0n) is 8.20. The van der Waals surface area contributed by atoms with Gasteiger partial charge in [-0.25, -0.2) is 9.48 Å². The summed E-state index contributed by atoms with van der Waals surface area (Å²) in [6, 6.07) is 0.310. The number of nitrogens with two attached hydrogens (primary N) is 1. The van der Waals surface area contributed by atoms with E-state index in [9.17, 15) is 4.79 Å². The van der Waals surface area contributed by atoms with Gasteiger partial charge in [-0.2, -0.15) is 5.10 Å². The fraction of sp³-hybridized carbons (Fsp3) is 0.778. The summed E-state index contributed by atoms with van der Waals surface area (Å²) in [6.07, 6.45) is 5.21. The molecule has 14 heavy (non-hydrogen) atoms. The summed E-state index contributed by atoms with van der Waals surface area (Å²) in [5.74, 6) is 0.712. The molecular weight excluding hydrogens is 180 g/mol. The zero-order chi connectivity index (χ0) is 9.97. The second kappa shape index (κ2) is 3.96. The van der Waals surface area contributed by atoms with Crippen LogP contribution in [0.5, 0.6) is 0 Å². The largest absolute Gasteiger partial charge is 0.343 e. The van der Waals surface area contributed by atoms with E-state index in [2.05, 4.69) is 10.1 Å². The smallest absolute Gasteiger partial charge is 0.330 e. The number of aromatic amines is 1. The van der Waals surface area contributed by atoms with Gasteiger partial charge >= 0.3 is 5.69 Å². The van der Waals surface area contributed by atoms with Crippen molar-refractivity contribution in [1.29, 1.82) is 0 Å². The number of H-pyrrole nitrogens is 1. The normalized spacial score (nSPS) is 17.8. The highest BCUT2D eigenvalue weighted by molar-refractivity contribution is 4.86. The summed E-state index contributed by atoms with van der Waals surface area (Å²) in [5, 5.41) is 4.25. The monoisotopic (exact) mass is 196 g/mol.